The topological polar surface area (TPSA) is 97.1 Å². The average molecular weight is 409 g/mol. The molecule has 0 aliphatic rings. The van der Waals surface area contributed by atoms with E-state index in [1.165, 1.54) is 0 Å². The predicted molar refractivity (Wildman–Crippen MR) is 116 cm³/mol. The van der Waals surface area contributed by atoms with Crippen LogP contribution in [0.5, 0.6) is 0 Å². The molecule has 2 aromatic heterocycles. The van der Waals surface area contributed by atoms with Crippen molar-refractivity contribution in [3.8, 4) is 0 Å². The summed E-state index contributed by atoms with van der Waals surface area (Å²) in [5, 5.41) is 9.69. The Bertz CT molecular complexity index is 954. The lowest BCUT2D eigenvalue weighted by atomic mass is 9.85. The lowest BCUT2D eigenvalue weighted by molar-refractivity contribution is -0.125. The molecule has 3 rings (SSSR count). The van der Waals surface area contributed by atoms with E-state index in [2.05, 4.69) is 15.6 Å². The van der Waals surface area contributed by atoms with Crippen molar-refractivity contribution in [1.29, 1.82) is 0 Å². The maximum atomic E-state index is 12.6. The van der Waals surface area contributed by atoms with Gasteiger partial charge in [0.25, 0.3) is 5.91 Å². The van der Waals surface area contributed by atoms with Crippen molar-refractivity contribution in [2.24, 2.45) is 5.73 Å². The third-order valence-electron chi connectivity index (χ3n) is 4.83. The van der Waals surface area contributed by atoms with E-state index >= 15 is 0 Å². The molecule has 0 aliphatic carbocycles. The van der Waals surface area contributed by atoms with Gasteiger partial charge in [-0.2, -0.15) is 11.3 Å². The number of carbonyl (C=O) groups excluding carboxylic acids is 2. The summed E-state index contributed by atoms with van der Waals surface area (Å²) in [6.45, 7) is 4.10. The number of nitrogens with one attached hydrogen (secondary N) is 2. The Kier molecular flexibility index (Phi) is 6.41. The van der Waals surface area contributed by atoms with Gasteiger partial charge in [-0.1, -0.05) is 12.1 Å². The number of nitrogens with two attached hydrogens (primary N) is 1. The number of thiophene rings is 1. The highest BCUT2D eigenvalue weighted by Crippen LogP contribution is 2.25. The van der Waals surface area contributed by atoms with Gasteiger partial charge >= 0.3 is 0 Å². The van der Waals surface area contributed by atoms with Crippen molar-refractivity contribution >= 4 is 28.8 Å². The average Bonchev–Trinajstić information content (AvgIpc) is 3.28. The van der Waals surface area contributed by atoms with E-state index in [-0.39, 0.29) is 17.9 Å². The quantitative estimate of drug-likeness (QED) is 0.557. The minimum Gasteiger partial charge on any atom is -0.353 e. The van der Waals surface area contributed by atoms with Crippen LogP contribution in [0.15, 0.2) is 65.6 Å². The van der Waals surface area contributed by atoms with Crippen LogP contribution in [-0.2, 0) is 10.2 Å². The van der Waals surface area contributed by atoms with Crippen LogP contribution < -0.4 is 16.4 Å². The van der Waals surface area contributed by atoms with Gasteiger partial charge in [0.1, 0.15) is 0 Å². The molecule has 2 amide bonds. The zero-order chi connectivity index (χ0) is 20.9. The Balaban J connectivity index is 1.57. The molecule has 6 nitrogen and oxygen atoms in total. The molecule has 0 fully saturated rings. The lowest BCUT2D eigenvalue weighted by Crippen LogP contribution is -2.42. The van der Waals surface area contributed by atoms with Crippen LogP contribution in [0.4, 0.5) is 5.69 Å². The molecule has 0 bridgehead atoms. The molecular formula is C22H24N4O2S. The Hall–Kier alpha value is -3.03. The van der Waals surface area contributed by atoms with E-state index in [0.29, 0.717) is 17.8 Å². The van der Waals surface area contributed by atoms with Crippen LogP contribution in [0, 0.1) is 0 Å². The van der Waals surface area contributed by atoms with Gasteiger partial charge in [-0.15, -0.1) is 0 Å². The number of amides is 2. The molecule has 0 aliphatic heterocycles. The largest absolute Gasteiger partial charge is 0.353 e. The number of benzene rings is 1. The minimum atomic E-state index is -0.616. The number of pyridine rings is 1. The van der Waals surface area contributed by atoms with Crippen molar-refractivity contribution in [3.63, 3.8) is 0 Å². The van der Waals surface area contributed by atoms with Crippen LogP contribution in [0.2, 0.25) is 0 Å². The summed E-state index contributed by atoms with van der Waals surface area (Å²) in [5.74, 6) is -0.276. The van der Waals surface area contributed by atoms with Crippen LogP contribution in [-0.4, -0.2) is 23.3 Å². The SMILES string of the molecule is CC(C)(C(=O)NCC(N)c1ccc(C(=O)Nc2ccncc2)cc1)c1ccsc1. The normalized spacial score (nSPS) is 12.2. The van der Waals surface area contributed by atoms with Gasteiger partial charge in [0.15, 0.2) is 0 Å². The minimum absolute atomic E-state index is 0.0697. The second-order valence-electron chi connectivity index (χ2n) is 7.27. The summed E-state index contributed by atoms with van der Waals surface area (Å²) in [5.41, 5.74) is 8.66. The highest BCUT2D eigenvalue weighted by molar-refractivity contribution is 7.08. The number of nitrogens with zero attached hydrogens (tertiary/aromatic N) is 1. The molecule has 0 saturated heterocycles. The summed E-state index contributed by atoms with van der Waals surface area (Å²) < 4.78 is 0. The Morgan fingerprint density at radius 2 is 1.79 bits per heavy atom. The van der Waals surface area contributed by atoms with Crippen molar-refractivity contribution in [2.75, 3.05) is 11.9 Å². The molecule has 3 aromatic rings. The maximum Gasteiger partial charge on any atom is 0.255 e. The van der Waals surface area contributed by atoms with Gasteiger partial charge in [-0.05, 0) is 66.1 Å². The fourth-order valence-electron chi connectivity index (χ4n) is 2.81. The zero-order valence-corrected chi connectivity index (χ0v) is 17.2. The molecule has 0 saturated carbocycles. The fraction of sp³-hybridized carbons (Fsp3) is 0.227. The molecule has 2 heterocycles. The van der Waals surface area contributed by atoms with E-state index in [4.69, 9.17) is 5.73 Å². The summed E-state index contributed by atoms with van der Waals surface area (Å²) in [6.07, 6.45) is 3.23. The van der Waals surface area contributed by atoms with Crippen LogP contribution >= 0.6 is 11.3 Å². The Morgan fingerprint density at radius 3 is 2.41 bits per heavy atom. The number of aromatic nitrogens is 1. The number of hydrogen-bond acceptors (Lipinski definition) is 5. The second-order valence-corrected chi connectivity index (χ2v) is 8.05. The van der Waals surface area contributed by atoms with E-state index in [1.54, 1.807) is 48.0 Å². The first kappa shape index (κ1) is 20.7. The van der Waals surface area contributed by atoms with Gasteiger partial charge < -0.3 is 16.4 Å². The van der Waals surface area contributed by atoms with E-state index in [0.717, 1.165) is 11.1 Å². The van der Waals surface area contributed by atoms with E-state index in [1.807, 2.05) is 42.8 Å². The third-order valence-corrected chi connectivity index (χ3v) is 5.52. The first-order valence-corrected chi connectivity index (χ1v) is 10.2. The van der Waals surface area contributed by atoms with Crippen molar-refractivity contribution < 1.29 is 9.59 Å². The van der Waals surface area contributed by atoms with Crippen LogP contribution in [0.25, 0.3) is 0 Å². The highest BCUT2D eigenvalue weighted by atomic mass is 32.1. The van der Waals surface area contributed by atoms with Crippen molar-refractivity contribution in [2.45, 2.75) is 25.3 Å². The summed E-state index contributed by atoms with van der Waals surface area (Å²) in [4.78, 5) is 28.8. The van der Waals surface area contributed by atoms with Gasteiger partial charge in [0, 0.05) is 36.2 Å². The highest BCUT2D eigenvalue weighted by Gasteiger charge is 2.30. The van der Waals surface area contributed by atoms with Crippen molar-refractivity contribution in [3.05, 3.63) is 82.3 Å². The van der Waals surface area contributed by atoms with Crippen LogP contribution in [0.1, 0.15) is 41.4 Å². The second kappa shape index (κ2) is 8.98. The summed E-state index contributed by atoms with van der Waals surface area (Å²) in [7, 11) is 0. The fourth-order valence-corrected chi connectivity index (χ4v) is 3.64. The summed E-state index contributed by atoms with van der Waals surface area (Å²) in [6, 6.07) is 12.1. The standard InChI is InChI=1S/C22H24N4O2S/c1-22(2,17-9-12-29-14-17)21(28)25-13-19(23)15-3-5-16(6-4-15)20(27)26-18-7-10-24-11-8-18/h3-12,14,19H,13,23H2,1-2H3,(H,25,28)(H,24,26,27). The Morgan fingerprint density at radius 1 is 1.10 bits per heavy atom. The molecule has 29 heavy (non-hydrogen) atoms. The first-order valence-electron chi connectivity index (χ1n) is 9.26. The molecule has 7 heteroatoms. The van der Waals surface area contributed by atoms with Gasteiger partial charge in [0.05, 0.1) is 5.41 Å². The number of anilines is 1. The van der Waals surface area contributed by atoms with Gasteiger partial charge in [-0.25, -0.2) is 0 Å². The molecule has 1 aromatic carbocycles. The van der Waals surface area contributed by atoms with Crippen molar-refractivity contribution in [1.82, 2.24) is 10.3 Å². The van der Waals surface area contributed by atoms with E-state index < -0.39 is 5.41 Å². The summed E-state index contributed by atoms with van der Waals surface area (Å²) >= 11 is 1.57. The Labute approximate surface area is 174 Å². The third kappa shape index (κ3) is 5.07. The molecule has 1 atom stereocenters. The number of hydrogen-bond donors (Lipinski definition) is 3. The number of carbonyl (C=O) groups is 2. The molecule has 150 valence electrons. The molecule has 0 spiro atoms. The molecule has 0 radical (unpaired) electrons. The maximum absolute atomic E-state index is 12.6. The van der Waals surface area contributed by atoms with Crippen LogP contribution in [0.3, 0.4) is 0 Å². The molecule has 4 N–H and O–H groups in total. The lowest BCUT2D eigenvalue weighted by Gasteiger charge is -2.24. The monoisotopic (exact) mass is 408 g/mol. The first-order chi connectivity index (χ1) is 13.9. The number of rotatable bonds is 7. The predicted octanol–water partition coefficient (Wildman–Crippen LogP) is 3.49. The van der Waals surface area contributed by atoms with E-state index in [9.17, 15) is 9.59 Å². The molecular weight excluding hydrogens is 384 g/mol. The zero-order valence-electron chi connectivity index (χ0n) is 16.4. The molecule has 1 unspecified atom stereocenters. The van der Waals surface area contributed by atoms with Gasteiger partial charge in [0.2, 0.25) is 5.91 Å². The van der Waals surface area contributed by atoms with Gasteiger partial charge in [-0.3, -0.25) is 14.6 Å². The smallest absolute Gasteiger partial charge is 0.255 e.